The summed E-state index contributed by atoms with van der Waals surface area (Å²) in [6.45, 7) is 2.62. The van der Waals surface area contributed by atoms with Crippen molar-refractivity contribution in [2.75, 3.05) is 7.11 Å². The molecule has 0 aliphatic heterocycles. The van der Waals surface area contributed by atoms with Crippen LogP contribution in [-0.4, -0.2) is 42.1 Å². The first-order valence-electron chi connectivity index (χ1n) is 11.9. The molecule has 0 radical (unpaired) electrons. The van der Waals surface area contributed by atoms with E-state index in [1.165, 1.54) is 57.5 Å². The standard InChI is InChI=1S/C28H26F2N2O6/c1-15(32-27(34)25-26(37-16(2)33)23(36-3)12-13-31-25)28(35)38-22-11-6-18-14-20(30)9-10-21(18)24(22)17-4-7-19(29)8-5-17/h4-5,7-10,12-15,22,24H,6,11H2,1-3H3,(H,32,34)/t15-,22-,24-/m0/s1. The van der Waals surface area contributed by atoms with Crippen molar-refractivity contribution in [3.63, 3.8) is 0 Å². The fourth-order valence-corrected chi connectivity index (χ4v) is 4.52. The van der Waals surface area contributed by atoms with Gasteiger partial charge in [-0.05, 0) is 60.7 Å². The lowest BCUT2D eigenvalue weighted by atomic mass is 9.77. The molecular formula is C28H26F2N2O6. The van der Waals surface area contributed by atoms with Gasteiger partial charge in [0.05, 0.1) is 7.11 Å². The first-order valence-corrected chi connectivity index (χ1v) is 11.9. The van der Waals surface area contributed by atoms with Crippen molar-refractivity contribution in [2.24, 2.45) is 0 Å². The van der Waals surface area contributed by atoms with Gasteiger partial charge in [-0.2, -0.15) is 0 Å². The van der Waals surface area contributed by atoms with E-state index < -0.39 is 41.7 Å². The number of pyridine rings is 1. The maximum atomic E-state index is 13.9. The van der Waals surface area contributed by atoms with Gasteiger partial charge in [0.25, 0.3) is 5.91 Å². The van der Waals surface area contributed by atoms with Gasteiger partial charge in [-0.15, -0.1) is 0 Å². The largest absolute Gasteiger partial charge is 0.493 e. The Morgan fingerprint density at radius 3 is 2.45 bits per heavy atom. The zero-order valence-corrected chi connectivity index (χ0v) is 21.0. The lowest BCUT2D eigenvalue weighted by Crippen LogP contribution is -2.43. The molecule has 3 aromatic rings. The molecule has 3 atom stereocenters. The quantitative estimate of drug-likeness (QED) is 0.464. The molecule has 1 amide bonds. The number of rotatable bonds is 7. The highest BCUT2D eigenvalue weighted by Gasteiger charge is 2.35. The lowest BCUT2D eigenvalue weighted by molar-refractivity contribution is -0.152. The zero-order chi connectivity index (χ0) is 27.4. The van der Waals surface area contributed by atoms with Gasteiger partial charge in [-0.3, -0.25) is 9.59 Å². The molecule has 2 aromatic carbocycles. The molecule has 4 rings (SSSR count). The Kier molecular flexibility index (Phi) is 7.99. The summed E-state index contributed by atoms with van der Waals surface area (Å²) in [5, 5.41) is 2.52. The minimum atomic E-state index is -1.09. The van der Waals surface area contributed by atoms with Crippen LogP contribution in [0.5, 0.6) is 11.5 Å². The molecule has 0 unspecified atom stereocenters. The van der Waals surface area contributed by atoms with Crippen LogP contribution in [0.4, 0.5) is 8.78 Å². The number of halogens is 2. The highest BCUT2D eigenvalue weighted by molar-refractivity contribution is 5.98. The van der Waals surface area contributed by atoms with Crippen molar-refractivity contribution in [3.05, 3.63) is 88.7 Å². The summed E-state index contributed by atoms with van der Waals surface area (Å²) >= 11 is 0. The second kappa shape index (κ2) is 11.4. The fraction of sp³-hybridized carbons (Fsp3) is 0.286. The molecule has 10 heteroatoms. The van der Waals surface area contributed by atoms with Crippen molar-refractivity contribution in [1.29, 1.82) is 0 Å². The number of hydrogen-bond acceptors (Lipinski definition) is 7. The van der Waals surface area contributed by atoms with Gasteiger partial charge in [0.15, 0.2) is 11.4 Å². The number of nitrogens with one attached hydrogen (secondary N) is 1. The molecule has 0 bridgehead atoms. The van der Waals surface area contributed by atoms with Crippen LogP contribution in [0.1, 0.15) is 53.4 Å². The summed E-state index contributed by atoms with van der Waals surface area (Å²) in [5.41, 5.74) is 2.04. The number of aromatic nitrogens is 1. The third-order valence-corrected chi connectivity index (χ3v) is 6.26. The van der Waals surface area contributed by atoms with Gasteiger partial charge in [0.1, 0.15) is 23.8 Å². The highest BCUT2D eigenvalue weighted by atomic mass is 19.1. The van der Waals surface area contributed by atoms with Crippen molar-refractivity contribution in [2.45, 2.75) is 44.8 Å². The van der Waals surface area contributed by atoms with Crippen LogP contribution in [0.15, 0.2) is 54.7 Å². The van der Waals surface area contributed by atoms with Gasteiger partial charge in [0.2, 0.25) is 5.75 Å². The molecule has 38 heavy (non-hydrogen) atoms. The molecule has 1 N–H and O–H groups in total. The Hall–Kier alpha value is -4.34. The number of ether oxygens (including phenoxy) is 3. The number of nitrogens with zero attached hydrogens (tertiary/aromatic N) is 1. The normalized spacial score (nSPS) is 17.1. The minimum Gasteiger partial charge on any atom is -0.493 e. The summed E-state index contributed by atoms with van der Waals surface area (Å²) in [6, 6.07) is 10.6. The van der Waals surface area contributed by atoms with E-state index in [2.05, 4.69) is 10.3 Å². The van der Waals surface area contributed by atoms with Crippen LogP contribution >= 0.6 is 0 Å². The predicted octanol–water partition coefficient (Wildman–Crippen LogP) is 4.10. The number of carbonyl (C=O) groups is 3. The summed E-state index contributed by atoms with van der Waals surface area (Å²) in [5.74, 6) is -3.45. The third kappa shape index (κ3) is 5.80. The van der Waals surface area contributed by atoms with Crippen LogP contribution in [0, 0.1) is 11.6 Å². The Balaban J connectivity index is 1.54. The summed E-state index contributed by atoms with van der Waals surface area (Å²) in [7, 11) is 1.35. The SMILES string of the molecule is COc1ccnc(C(=O)N[C@@H](C)C(=O)O[C@H]2CCc3cc(F)ccc3[C@@H]2c2ccc(F)cc2)c1OC(C)=O. The first kappa shape index (κ1) is 26.7. The lowest BCUT2D eigenvalue weighted by Gasteiger charge is -2.34. The molecule has 1 heterocycles. The van der Waals surface area contributed by atoms with Gasteiger partial charge < -0.3 is 19.5 Å². The number of hydrogen-bond donors (Lipinski definition) is 1. The Bertz CT molecular complexity index is 1360. The van der Waals surface area contributed by atoms with Gasteiger partial charge in [-0.25, -0.2) is 18.6 Å². The molecule has 1 aliphatic rings. The van der Waals surface area contributed by atoms with Gasteiger partial charge in [-0.1, -0.05) is 18.2 Å². The van der Waals surface area contributed by atoms with E-state index in [1.807, 2.05) is 0 Å². The third-order valence-electron chi connectivity index (χ3n) is 6.26. The Morgan fingerprint density at radius 2 is 1.76 bits per heavy atom. The van der Waals surface area contributed by atoms with Crippen LogP contribution in [0.25, 0.3) is 0 Å². The number of fused-ring (bicyclic) bond motifs is 1. The van der Waals surface area contributed by atoms with Gasteiger partial charge in [0, 0.05) is 25.1 Å². The average Bonchev–Trinajstić information content (AvgIpc) is 2.89. The van der Waals surface area contributed by atoms with E-state index in [-0.39, 0.29) is 23.0 Å². The number of benzene rings is 2. The smallest absolute Gasteiger partial charge is 0.328 e. The molecule has 0 saturated carbocycles. The second-order valence-electron chi connectivity index (χ2n) is 8.87. The summed E-state index contributed by atoms with van der Waals surface area (Å²) < 4.78 is 43.6. The van der Waals surface area contributed by atoms with E-state index in [1.54, 1.807) is 18.2 Å². The zero-order valence-electron chi connectivity index (χ0n) is 21.0. The molecule has 1 aliphatic carbocycles. The average molecular weight is 525 g/mol. The summed E-state index contributed by atoms with van der Waals surface area (Å²) in [4.78, 5) is 41.5. The van der Waals surface area contributed by atoms with E-state index in [0.717, 1.165) is 11.1 Å². The maximum absolute atomic E-state index is 13.9. The molecule has 0 saturated heterocycles. The van der Waals surface area contributed by atoms with Gasteiger partial charge >= 0.3 is 11.9 Å². The molecule has 8 nitrogen and oxygen atoms in total. The number of carbonyl (C=O) groups excluding carboxylic acids is 3. The number of amides is 1. The molecule has 1 aromatic heterocycles. The number of esters is 2. The minimum absolute atomic E-state index is 0.120. The van der Waals surface area contributed by atoms with Crippen LogP contribution < -0.4 is 14.8 Å². The van der Waals surface area contributed by atoms with E-state index in [0.29, 0.717) is 18.4 Å². The predicted molar refractivity (Wildman–Crippen MR) is 132 cm³/mol. The maximum Gasteiger partial charge on any atom is 0.328 e. The number of aryl methyl sites for hydroxylation is 1. The van der Waals surface area contributed by atoms with E-state index >= 15 is 0 Å². The van der Waals surface area contributed by atoms with E-state index in [9.17, 15) is 23.2 Å². The van der Waals surface area contributed by atoms with Crippen LogP contribution in [-0.2, 0) is 20.7 Å². The second-order valence-corrected chi connectivity index (χ2v) is 8.87. The fourth-order valence-electron chi connectivity index (χ4n) is 4.52. The molecule has 0 fully saturated rings. The van der Waals surface area contributed by atoms with Crippen molar-refractivity contribution in [1.82, 2.24) is 10.3 Å². The summed E-state index contributed by atoms with van der Waals surface area (Å²) in [6.07, 6.45) is 1.54. The van der Waals surface area contributed by atoms with Crippen molar-refractivity contribution < 1.29 is 37.4 Å². The highest BCUT2D eigenvalue weighted by Crippen LogP contribution is 2.39. The van der Waals surface area contributed by atoms with Crippen LogP contribution in [0.3, 0.4) is 0 Å². The van der Waals surface area contributed by atoms with Crippen molar-refractivity contribution >= 4 is 17.8 Å². The first-order chi connectivity index (χ1) is 18.2. The molecular weight excluding hydrogens is 498 g/mol. The monoisotopic (exact) mass is 524 g/mol. The number of methoxy groups -OCH3 is 1. The molecule has 0 spiro atoms. The van der Waals surface area contributed by atoms with Crippen molar-refractivity contribution in [3.8, 4) is 11.5 Å². The Morgan fingerprint density at radius 1 is 1.05 bits per heavy atom. The topological polar surface area (TPSA) is 104 Å². The van der Waals surface area contributed by atoms with E-state index in [4.69, 9.17) is 14.2 Å². The molecule has 198 valence electrons. The van der Waals surface area contributed by atoms with Crippen LogP contribution in [0.2, 0.25) is 0 Å². The Labute approximate surface area is 217 Å².